The Kier molecular flexibility index (Phi) is 9.29. The SMILES string of the molecule is CCCCCOc1cccc(CCCNCCC(=O)O)c1. The van der Waals surface area contributed by atoms with Crippen LogP contribution in [-0.4, -0.2) is 30.8 Å². The summed E-state index contributed by atoms with van der Waals surface area (Å²) in [5.41, 5.74) is 1.27. The molecule has 0 unspecified atom stereocenters. The van der Waals surface area contributed by atoms with Gasteiger partial charge in [-0.3, -0.25) is 4.79 Å². The van der Waals surface area contributed by atoms with E-state index in [4.69, 9.17) is 9.84 Å². The fraction of sp³-hybridized carbons (Fsp3) is 0.588. The zero-order valence-corrected chi connectivity index (χ0v) is 12.9. The minimum absolute atomic E-state index is 0.182. The van der Waals surface area contributed by atoms with Crippen molar-refractivity contribution in [1.29, 1.82) is 0 Å². The predicted octanol–water partition coefficient (Wildman–Crippen LogP) is 3.25. The third-order valence-corrected chi connectivity index (χ3v) is 3.25. The molecule has 0 fully saturated rings. The van der Waals surface area contributed by atoms with Crippen molar-refractivity contribution in [2.45, 2.75) is 45.4 Å². The number of hydrogen-bond acceptors (Lipinski definition) is 3. The number of carboxylic acid groups (broad SMARTS) is 1. The maximum atomic E-state index is 10.4. The molecule has 0 bridgehead atoms. The molecule has 21 heavy (non-hydrogen) atoms. The number of nitrogens with one attached hydrogen (secondary N) is 1. The number of aryl methyl sites for hydroxylation is 1. The molecule has 0 spiro atoms. The lowest BCUT2D eigenvalue weighted by Gasteiger charge is -2.08. The number of rotatable bonds is 12. The van der Waals surface area contributed by atoms with Gasteiger partial charge < -0.3 is 15.2 Å². The number of hydrogen-bond donors (Lipinski definition) is 2. The molecule has 1 rings (SSSR count). The van der Waals surface area contributed by atoms with E-state index in [1.165, 1.54) is 18.4 Å². The Labute approximate surface area is 127 Å². The third kappa shape index (κ3) is 9.08. The van der Waals surface area contributed by atoms with Crippen molar-refractivity contribution in [1.82, 2.24) is 5.32 Å². The lowest BCUT2D eigenvalue weighted by Crippen LogP contribution is -2.19. The molecule has 0 atom stereocenters. The Balaban J connectivity index is 2.18. The number of ether oxygens (including phenoxy) is 1. The van der Waals surface area contributed by atoms with Crippen molar-refractivity contribution in [2.75, 3.05) is 19.7 Å². The molecule has 0 aliphatic rings. The first-order valence-corrected chi connectivity index (χ1v) is 7.86. The van der Waals surface area contributed by atoms with Crippen molar-refractivity contribution in [2.24, 2.45) is 0 Å². The molecule has 0 heterocycles. The second-order valence-electron chi connectivity index (χ2n) is 5.20. The van der Waals surface area contributed by atoms with E-state index in [-0.39, 0.29) is 6.42 Å². The van der Waals surface area contributed by atoms with E-state index < -0.39 is 5.97 Å². The molecule has 4 heteroatoms. The van der Waals surface area contributed by atoms with Gasteiger partial charge in [0.15, 0.2) is 0 Å². The van der Waals surface area contributed by atoms with Gasteiger partial charge in [0.2, 0.25) is 0 Å². The predicted molar refractivity (Wildman–Crippen MR) is 84.9 cm³/mol. The van der Waals surface area contributed by atoms with Crippen LogP contribution in [0.15, 0.2) is 24.3 Å². The Hall–Kier alpha value is -1.55. The van der Waals surface area contributed by atoms with Crippen LogP contribution in [0, 0.1) is 0 Å². The largest absolute Gasteiger partial charge is 0.494 e. The molecule has 1 aromatic rings. The number of aliphatic carboxylic acids is 1. The first-order chi connectivity index (χ1) is 10.2. The van der Waals surface area contributed by atoms with E-state index in [2.05, 4.69) is 24.4 Å². The van der Waals surface area contributed by atoms with Gasteiger partial charge in [-0.05, 0) is 43.5 Å². The molecular weight excluding hydrogens is 266 g/mol. The van der Waals surface area contributed by atoms with Crippen LogP contribution in [0.2, 0.25) is 0 Å². The molecule has 0 saturated carbocycles. The summed E-state index contributed by atoms with van der Waals surface area (Å²) >= 11 is 0. The van der Waals surface area contributed by atoms with Gasteiger partial charge in [-0.15, -0.1) is 0 Å². The second kappa shape index (κ2) is 11.1. The molecule has 0 amide bonds. The van der Waals surface area contributed by atoms with Crippen LogP contribution in [0.5, 0.6) is 5.75 Å². The number of carbonyl (C=O) groups is 1. The van der Waals surface area contributed by atoms with Crippen LogP contribution in [0.3, 0.4) is 0 Å². The van der Waals surface area contributed by atoms with E-state index >= 15 is 0 Å². The zero-order chi connectivity index (χ0) is 15.3. The Morgan fingerprint density at radius 1 is 1.24 bits per heavy atom. The maximum absolute atomic E-state index is 10.4. The van der Waals surface area contributed by atoms with Crippen molar-refractivity contribution in [3.63, 3.8) is 0 Å². The quantitative estimate of drug-likeness (QED) is 0.581. The van der Waals surface area contributed by atoms with E-state index in [1.54, 1.807) is 0 Å². The van der Waals surface area contributed by atoms with Crippen LogP contribution in [0.4, 0.5) is 0 Å². The second-order valence-corrected chi connectivity index (χ2v) is 5.20. The van der Waals surface area contributed by atoms with E-state index in [0.717, 1.165) is 38.2 Å². The summed E-state index contributed by atoms with van der Waals surface area (Å²) in [6, 6.07) is 8.24. The van der Waals surface area contributed by atoms with Gasteiger partial charge in [-0.2, -0.15) is 0 Å². The summed E-state index contributed by atoms with van der Waals surface area (Å²) in [6.45, 7) is 4.35. The summed E-state index contributed by atoms with van der Waals surface area (Å²) in [5, 5.41) is 11.7. The monoisotopic (exact) mass is 293 g/mol. The normalized spacial score (nSPS) is 10.5. The third-order valence-electron chi connectivity index (χ3n) is 3.25. The molecule has 2 N–H and O–H groups in total. The molecule has 0 aliphatic carbocycles. The van der Waals surface area contributed by atoms with Crippen LogP contribution in [0.1, 0.15) is 44.6 Å². The molecule has 118 valence electrons. The summed E-state index contributed by atoms with van der Waals surface area (Å²) < 4.78 is 5.74. The lowest BCUT2D eigenvalue weighted by atomic mass is 10.1. The fourth-order valence-corrected chi connectivity index (χ4v) is 2.07. The summed E-state index contributed by atoms with van der Waals surface area (Å²) in [7, 11) is 0. The van der Waals surface area contributed by atoms with Gasteiger partial charge in [0.1, 0.15) is 5.75 Å². The highest BCUT2D eigenvalue weighted by molar-refractivity contribution is 5.66. The van der Waals surface area contributed by atoms with Crippen LogP contribution in [-0.2, 0) is 11.2 Å². The Morgan fingerprint density at radius 3 is 2.86 bits per heavy atom. The topological polar surface area (TPSA) is 58.6 Å². The van der Waals surface area contributed by atoms with E-state index in [0.29, 0.717) is 6.54 Å². The van der Waals surface area contributed by atoms with Gasteiger partial charge in [-0.1, -0.05) is 31.9 Å². The molecule has 4 nitrogen and oxygen atoms in total. The molecule has 0 radical (unpaired) electrons. The fourth-order valence-electron chi connectivity index (χ4n) is 2.07. The van der Waals surface area contributed by atoms with E-state index in [9.17, 15) is 4.79 Å². The van der Waals surface area contributed by atoms with Gasteiger partial charge in [0.05, 0.1) is 13.0 Å². The Morgan fingerprint density at radius 2 is 2.10 bits per heavy atom. The van der Waals surface area contributed by atoms with Gasteiger partial charge in [-0.25, -0.2) is 0 Å². The number of carboxylic acids is 1. The van der Waals surface area contributed by atoms with E-state index in [1.807, 2.05) is 12.1 Å². The highest BCUT2D eigenvalue weighted by Crippen LogP contribution is 2.15. The smallest absolute Gasteiger partial charge is 0.304 e. The van der Waals surface area contributed by atoms with Crippen LogP contribution in [0.25, 0.3) is 0 Å². The van der Waals surface area contributed by atoms with Crippen molar-refractivity contribution in [3.8, 4) is 5.75 Å². The van der Waals surface area contributed by atoms with Gasteiger partial charge in [0.25, 0.3) is 0 Å². The molecular formula is C17H27NO3. The first-order valence-electron chi connectivity index (χ1n) is 7.86. The average molecular weight is 293 g/mol. The molecule has 1 aromatic carbocycles. The maximum Gasteiger partial charge on any atom is 0.304 e. The van der Waals surface area contributed by atoms with Gasteiger partial charge >= 0.3 is 5.97 Å². The minimum Gasteiger partial charge on any atom is -0.494 e. The number of unbranched alkanes of at least 4 members (excludes halogenated alkanes) is 2. The first kappa shape index (κ1) is 17.5. The van der Waals surface area contributed by atoms with Crippen molar-refractivity contribution >= 4 is 5.97 Å². The van der Waals surface area contributed by atoms with Crippen LogP contribution < -0.4 is 10.1 Å². The van der Waals surface area contributed by atoms with Gasteiger partial charge in [0, 0.05) is 6.54 Å². The van der Waals surface area contributed by atoms with Crippen molar-refractivity contribution < 1.29 is 14.6 Å². The summed E-state index contributed by atoms with van der Waals surface area (Å²) in [4.78, 5) is 10.4. The molecule has 0 aliphatic heterocycles. The van der Waals surface area contributed by atoms with Crippen LogP contribution >= 0.6 is 0 Å². The number of benzene rings is 1. The average Bonchev–Trinajstić information content (AvgIpc) is 2.47. The standard InChI is InChI=1S/C17H27NO3/c1-2-3-4-13-21-16-9-5-7-15(14-16)8-6-11-18-12-10-17(19)20/h5,7,9,14,18H,2-4,6,8,10-13H2,1H3,(H,19,20). The molecule has 0 aromatic heterocycles. The Bertz CT molecular complexity index is 407. The zero-order valence-electron chi connectivity index (χ0n) is 12.9. The summed E-state index contributed by atoms with van der Waals surface area (Å²) in [5.74, 6) is 0.192. The lowest BCUT2D eigenvalue weighted by molar-refractivity contribution is -0.136. The minimum atomic E-state index is -0.754. The summed E-state index contributed by atoms with van der Waals surface area (Å²) in [6.07, 6.45) is 5.68. The highest BCUT2D eigenvalue weighted by Gasteiger charge is 1.99. The highest BCUT2D eigenvalue weighted by atomic mass is 16.5. The van der Waals surface area contributed by atoms with Crippen molar-refractivity contribution in [3.05, 3.63) is 29.8 Å². The molecule has 0 saturated heterocycles.